The highest BCUT2D eigenvalue weighted by atomic mass is 16.5. The number of rotatable bonds is 5. The molecule has 1 heterocycles. The molecule has 0 aliphatic heterocycles. The smallest absolute Gasteiger partial charge is 0.335 e. The van der Waals surface area contributed by atoms with Crippen LogP contribution in [0.5, 0.6) is 5.75 Å². The number of pyridine rings is 1. The van der Waals surface area contributed by atoms with Gasteiger partial charge in [0.15, 0.2) is 0 Å². The molecule has 0 unspecified atom stereocenters. The summed E-state index contributed by atoms with van der Waals surface area (Å²) in [5.41, 5.74) is 3.92. The Kier molecular flexibility index (Phi) is 4.57. The zero-order valence-corrected chi connectivity index (χ0v) is 13.3. The molecule has 0 aliphatic rings. The van der Waals surface area contributed by atoms with Crippen LogP contribution in [0.2, 0.25) is 0 Å². The Morgan fingerprint density at radius 3 is 2.62 bits per heavy atom. The minimum Gasteiger partial charge on any atom is -0.489 e. The SMILES string of the molecule is Cc1ccncc1-c1cc(OCc2ccccc2)cc(C(=O)O)c1. The highest BCUT2D eigenvalue weighted by molar-refractivity contribution is 5.90. The van der Waals surface area contributed by atoms with Gasteiger partial charge < -0.3 is 9.84 Å². The highest BCUT2D eigenvalue weighted by Gasteiger charge is 2.11. The van der Waals surface area contributed by atoms with E-state index in [0.717, 1.165) is 22.3 Å². The van der Waals surface area contributed by atoms with Crippen LogP contribution in [0, 0.1) is 6.92 Å². The Morgan fingerprint density at radius 2 is 1.92 bits per heavy atom. The summed E-state index contributed by atoms with van der Waals surface area (Å²) in [7, 11) is 0. The molecule has 0 saturated carbocycles. The lowest BCUT2D eigenvalue weighted by molar-refractivity contribution is 0.0696. The van der Waals surface area contributed by atoms with Crippen molar-refractivity contribution in [1.82, 2.24) is 4.98 Å². The number of carbonyl (C=O) groups is 1. The summed E-state index contributed by atoms with van der Waals surface area (Å²) in [5, 5.41) is 9.36. The van der Waals surface area contributed by atoms with E-state index in [0.29, 0.717) is 12.4 Å². The Morgan fingerprint density at radius 1 is 1.12 bits per heavy atom. The van der Waals surface area contributed by atoms with E-state index in [-0.39, 0.29) is 5.56 Å². The number of nitrogens with zero attached hydrogens (tertiary/aromatic N) is 1. The van der Waals surface area contributed by atoms with Crippen molar-refractivity contribution in [3.8, 4) is 16.9 Å². The average Bonchev–Trinajstić information content (AvgIpc) is 2.61. The Bertz CT molecular complexity index is 860. The van der Waals surface area contributed by atoms with Crippen LogP contribution in [-0.4, -0.2) is 16.1 Å². The van der Waals surface area contributed by atoms with Gasteiger partial charge in [0.05, 0.1) is 5.56 Å². The number of benzene rings is 2. The number of hydrogen-bond acceptors (Lipinski definition) is 3. The summed E-state index contributed by atoms with van der Waals surface area (Å²) in [5.74, 6) is -0.458. The summed E-state index contributed by atoms with van der Waals surface area (Å²) >= 11 is 0. The van der Waals surface area contributed by atoms with Gasteiger partial charge in [0.2, 0.25) is 0 Å². The molecular formula is C20H17NO3. The normalized spacial score (nSPS) is 10.4. The molecule has 3 rings (SSSR count). The van der Waals surface area contributed by atoms with Crippen LogP contribution in [0.4, 0.5) is 0 Å². The molecule has 1 aromatic heterocycles. The van der Waals surface area contributed by atoms with Crippen molar-refractivity contribution in [3.63, 3.8) is 0 Å². The number of aryl methyl sites for hydroxylation is 1. The maximum Gasteiger partial charge on any atom is 0.335 e. The van der Waals surface area contributed by atoms with E-state index >= 15 is 0 Å². The summed E-state index contributed by atoms with van der Waals surface area (Å²) < 4.78 is 5.80. The zero-order chi connectivity index (χ0) is 16.9. The van der Waals surface area contributed by atoms with Crippen LogP contribution >= 0.6 is 0 Å². The Hall–Kier alpha value is -3.14. The van der Waals surface area contributed by atoms with Gasteiger partial charge in [0.1, 0.15) is 12.4 Å². The van der Waals surface area contributed by atoms with Gasteiger partial charge in [-0.05, 0) is 47.9 Å². The van der Waals surface area contributed by atoms with Crippen molar-refractivity contribution >= 4 is 5.97 Å². The molecule has 1 N–H and O–H groups in total. The molecule has 0 amide bonds. The number of carboxylic acids is 1. The van der Waals surface area contributed by atoms with E-state index in [2.05, 4.69) is 4.98 Å². The first kappa shape index (κ1) is 15.7. The summed E-state index contributed by atoms with van der Waals surface area (Å²) in [6.07, 6.45) is 3.45. The number of carboxylic acid groups (broad SMARTS) is 1. The number of aromatic carboxylic acids is 1. The molecule has 0 atom stereocenters. The van der Waals surface area contributed by atoms with Crippen molar-refractivity contribution in [2.45, 2.75) is 13.5 Å². The lowest BCUT2D eigenvalue weighted by Crippen LogP contribution is -2.01. The summed E-state index contributed by atoms with van der Waals surface area (Å²) in [6, 6.07) is 16.7. The third-order valence-corrected chi connectivity index (χ3v) is 3.75. The number of hydrogen-bond donors (Lipinski definition) is 1. The van der Waals surface area contributed by atoms with Gasteiger partial charge in [-0.1, -0.05) is 30.3 Å². The molecule has 0 fully saturated rings. The summed E-state index contributed by atoms with van der Waals surface area (Å²) in [4.78, 5) is 15.6. The van der Waals surface area contributed by atoms with Crippen molar-refractivity contribution in [3.05, 3.63) is 83.7 Å². The minimum absolute atomic E-state index is 0.193. The van der Waals surface area contributed by atoms with Crippen LogP contribution in [0.25, 0.3) is 11.1 Å². The first-order valence-corrected chi connectivity index (χ1v) is 7.59. The second-order valence-corrected chi connectivity index (χ2v) is 5.52. The largest absolute Gasteiger partial charge is 0.489 e. The van der Waals surface area contributed by atoms with E-state index in [9.17, 15) is 9.90 Å². The molecule has 0 radical (unpaired) electrons. The predicted molar refractivity (Wildman–Crippen MR) is 92.1 cm³/mol. The predicted octanol–water partition coefficient (Wildman–Crippen LogP) is 4.33. The van der Waals surface area contributed by atoms with Gasteiger partial charge in [-0.15, -0.1) is 0 Å². The average molecular weight is 319 g/mol. The van der Waals surface area contributed by atoms with Gasteiger partial charge in [-0.3, -0.25) is 4.98 Å². The van der Waals surface area contributed by atoms with E-state index in [1.54, 1.807) is 24.5 Å². The molecule has 3 aromatic rings. The maximum absolute atomic E-state index is 11.4. The third-order valence-electron chi connectivity index (χ3n) is 3.75. The van der Waals surface area contributed by atoms with E-state index in [4.69, 9.17) is 4.74 Å². The second kappa shape index (κ2) is 6.96. The molecule has 4 nitrogen and oxygen atoms in total. The van der Waals surface area contributed by atoms with E-state index in [1.807, 2.05) is 49.4 Å². The fraction of sp³-hybridized carbons (Fsp3) is 0.100. The molecule has 120 valence electrons. The van der Waals surface area contributed by atoms with Crippen LogP contribution in [-0.2, 0) is 6.61 Å². The van der Waals surface area contributed by atoms with Crippen LogP contribution in [0.15, 0.2) is 67.0 Å². The van der Waals surface area contributed by atoms with Crippen molar-refractivity contribution in [2.75, 3.05) is 0 Å². The van der Waals surface area contributed by atoms with Crippen LogP contribution < -0.4 is 4.74 Å². The second-order valence-electron chi connectivity index (χ2n) is 5.52. The molecule has 0 saturated heterocycles. The fourth-order valence-electron chi connectivity index (χ4n) is 2.47. The Labute approximate surface area is 140 Å². The first-order chi connectivity index (χ1) is 11.6. The van der Waals surface area contributed by atoms with Gasteiger partial charge in [0, 0.05) is 18.0 Å². The fourth-order valence-corrected chi connectivity index (χ4v) is 2.47. The molecular weight excluding hydrogens is 302 g/mol. The molecule has 0 bridgehead atoms. The molecule has 4 heteroatoms. The number of ether oxygens (including phenoxy) is 1. The number of aromatic nitrogens is 1. The minimum atomic E-state index is -0.983. The maximum atomic E-state index is 11.4. The zero-order valence-electron chi connectivity index (χ0n) is 13.3. The monoisotopic (exact) mass is 319 g/mol. The molecule has 0 spiro atoms. The topological polar surface area (TPSA) is 59.4 Å². The van der Waals surface area contributed by atoms with Crippen LogP contribution in [0.3, 0.4) is 0 Å². The Balaban J connectivity index is 1.94. The first-order valence-electron chi connectivity index (χ1n) is 7.59. The highest BCUT2D eigenvalue weighted by Crippen LogP contribution is 2.28. The molecule has 24 heavy (non-hydrogen) atoms. The molecule has 2 aromatic carbocycles. The van der Waals surface area contributed by atoms with Crippen LogP contribution in [0.1, 0.15) is 21.5 Å². The van der Waals surface area contributed by atoms with Crippen molar-refractivity contribution in [2.24, 2.45) is 0 Å². The van der Waals surface area contributed by atoms with E-state index < -0.39 is 5.97 Å². The van der Waals surface area contributed by atoms with Gasteiger partial charge in [-0.25, -0.2) is 4.79 Å². The van der Waals surface area contributed by atoms with Crippen molar-refractivity contribution in [1.29, 1.82) is 0 Å². The molecule has 0 aliphatic carbocycles. The van der Waals surface area contributed by atoms with Crippen molar-refractivity contribution < 1.29 is 14.6 Å². The quantitative estimate of drug-likeness (QED) is 0.760. The van der Waals surface area contributed by atoms with Gasteiger partial charge >= 0.3 is 5.97 Å². The van der Waals surface area contributed by atoms with E-state index in [1.165, 1.54) is 0 Å². The lowest BCUT2D eigenvalue weighted by Gasteiger charge is -2.11. The third kappa shape index (κ3) is 3.60. The summed E-state index contributed by atoms with van der Waals surface area (Å²) in [6.45, 7) is 2.35. The van der Waals surface area contributed by atoms with Gasteiger partial charge in [0.25, 0.3) is 0 Å². The standard InChI is InChI=1S/C20H17NO3/c1-14-7-8-21-12-19(14)16-9-17(20(22)23)11-18(10-16)24-13-15-5-3-2-4-6-15/h2-12H,13H2,1H3,(H,22,23). The van der Waals surface area contributed by atoms with Gasteiger partial charge in [-0.2, -0.15) is 0 Å². The lowest BCUT2D eigenvalue weighted by atomic mass is 10.0.